The second-order valence-corrected chi connectivity index (χ2v) is 15.0. The Balaban J connectivity index is 2.16. The quantitative estimate of drug-likeness (QED) is 0.100. The summed E-state index contributed by atoms with van der Waals surface area (Å²) in [7, 11) is 0. The average molecular weight is 718 g/mol. The maximum atomic E-state index is 14.9. The molecule has 0 fully saturated rings. The van der Waals surface area contributed by atoms with Gasteiger partial charge in [-0.25, -0.2) is 9.59 Å². The number of phenolic OH excluding ortho intramolecular Hbond substituents is 2. The zero-order chi connectivity index (χ0) is 38.6. The Hall–Kier alpha value is -5.06. The molecule has 0 heterocycles. The molecule has 0 aliphatic heterocycles. The molecular formula is C41H55N3O8. The number of hydrogen-bond acceptors (Lipinski definition) is 8. The lowest BCUT2D eigenvalue weighted by Gasteiger charge is -2.36. The monoisotopic (exact) mass is 717 g/mol. The summed E-state index contributed by atoms with van der Waals surface area (Å²) < 4.78 is 11.2. The molecule has 3 atom stereocenters. The van der Waals surface area contributed by atoms with E-state index in [-0.39, 0.29) is 36.4 Å². The summed E-state index contributed by atoms with van der Waals surface area (Å²) in [4.78, 5) is 57.7. The first-order chi connectivity index (χ1) is 24.4. The molecule has 52 heavy (non-hydrogen) atoms. The summed E-state index contributed by atoms with van der Waals surface area (Å²) in [5.74, 6) is -2.11. The van der Waals surface area contributed by atoms with Crippen LogP contribution in [0.25, 0.3) is 0 Å². The minimum Gasteiger partial charge on any atom is -0.508 e. The molecule has 3 amide bonds. The third-order valence-electron chi connectivity index (χ3n) is 8.06. The molecule has 0 saturated carbocycles. The Kier molecular flexibility index (Phi) is 14.7. The topological polar surface area (TPSA) is 154 Å². The summed E-state index contributed by atoms with van der Waals surface area (Å²) in [5.41, 5.74) is 0.347. The number of aromatic hydroxyl groups is 2. The lowest BCUT2D eigenvalue weighted by atomic mass is 9.96. The van der Waals surface area contributed by atoms with Crippen molar-refractivity contribution in [2.45, 2.75) is 117 Å². The molecule has 0 aliphatic carbocycles. The van der Waals surface area contributed by atoms with Gasteiger partial charge in [0.15, 0.2) is 0 Å². The molecule has 11 nitrogen and oxygen atoms in total. The Morgan fingerprint density at radius 2 is 1.33 bits per heavy atom. The first-order valence-corrected chi connectivity index (χ1v) is 17.8. The van der Waals surface area contributed by atoms with E-state index in [0.29, 0.717) is 17.5 Å². The van der Waals surface area contributed by atoms with Gasteiger partial charge in [0.25, 0.3) is 0 Å². The van der Waals surface area contributed by atoms with Crippen molar-refractivity contribution >= 4 is 23.9 Å². The fourth-order valence-electron chi connectivity index (χ4n) is 5.64. The van der Waals surface area contributed by atoms with Gasteiger partial charge in [-0.15, -0.1) is 0 Å². The van der Waals surface area contributed by atoms with E-state index >= 15 is 0 Å². The van der Waals surface area contributed by atoms with Crippen molar-refractivity contribution < 1.29 is 38.9 Å². The van der Waals surface area contributed by atoms with Gasteiger partial charge in [-0.2, -0.15) is 0 Å². The van der Waals surface area contributed by atoms with Crippen LogP contribution in [0.1, 0.15) is 96.0 Å². The molecule has 0 aliphatic rings. The standard InChI is InChI=1S/C41H55N3O8/c1-9-10-14-24-44(37(48)32(43-39(50)52-41(6,7)8)25-29-20-22-30(45)23-21-29)34(31-19-15-16-27(2)35(31)46)36(47)42-33(38(49)51-40(3,4)5)26-28-17-12-11-13-18-28/h11-13,15-23,32-34,45-46H,9-10,14,24-26H2,1-8H3,(H,42,47)(H,43,50). The van der Waals surface area contributed by atoms with Gasteiger partial charge in [-0.3, -0.25) is 9.59 Å². The van der Waals surface area contributed by atoms with Gasteiger partial charge < -0.3 is 35.2 Å². The Labute approximate surface area is 307 Å². The number of alkyl carbamates (subject to hydrolysis) is 1. The number of rotatable bonds is 15. The number of carbonyl (C=O) groups excluding carboxylic acids is 4. The predicted octanol–water partition coefficient (Wildman–Crippen LogP) is 6.67. The number of ether oxygens (including phenoxy) is 2. The highest BCUT2D eigenvalue weighted by Gasteiger charge is 2.39. The Bertz CT molecular complexity index is 1650. The van der Waals surface area contributed by atoms with Crippen molar-refractivity contribution in [3.05, 3.63) is 95.1 Å². The van der Waals surface area contributed by atoms with Crippen molar-refractivity contribution in [3.8, 4) is 11.5 Å². The van der Waals surface area contributed by atoms with Crippen LogP contribution in [0, 0.1) is 6.92 Å². The van der Waals surface area contributed by atoms with Crippen LogP contribution in [-0.2, 0) is 36.7 Å². The highest BCUT2D eigenvalue weighted by molar-refractivity contribution is 5.94. The van der Waals surface area contributed by atoms with E-state index in [1.807, 2.05) is 37.3 Å². The largest absolute Gasteiger partial charge is 0.508 e. The fraction of sp³-hybridized carbons (Fsp3) is 0.463. The van der Waals surface area contributed by atoms with Crippen molar-refractivity contribution in [2.75, 3.05) is 6.54 Å². The van der Waals surface area contributed by atoms with Crippen molar-refractivity contribution in [2.24, 2.45) is 0 Å². The number of nitrogens with zero attached hydrogens (tertiary/aromatic N) is 1. The molecule has 3 unspecified atom stereocenters. The maximum Gasteiger partial charge on any atom is 0.408 e. The molecule has 0 aromatic heterocycles. The van der Waals surface area contributed by atoms with Crippen molar-refractivity contribution in [1.82, 2.24) is 15.5 Å². The van der Waals surface area contributed by atoms with Crippen LogP contribution in [0.15, 0.2) is 72.8 Å². The van der Waals surface area contributed by atoms with Crippen LogP contribution in [-0.4, -0.2) is 68.8 Å². The van der Waals surface area contributed by atoms with E-state index in [1.54, 1.807) is 78.8 Å². The first kappa shape index (κ1) is 41.4. The normalized spacial score (nSPS) is 13.3. The van der Waals surface area contributed by atoms with Crippen LogP contribution in [0.2, 0.25) is 0 Å². The number of benzene rings is 3. The number of aryl methyl sites for hydroxylation is 1. The van der Waals surface area contributed by atoms with Crippen LogP contribution in [0.5, 0.6) is 11.5 Å². The van der Waals surface area contributed by atoms with Crippen LogP contribution in [0.4, 0.5) is 4.79 Å². The number of hydrogen-bond donors (Lipinski definition) is 4. The molecule has 282 valence electrons. The van der Waals surface area contributed by atoms with E-state index in [9.17, 15) is 29.4 Å². The van der Waals surface area contributed by atoms with Gasteiger partial charge in [0.05, 0.1) is 0 Å². The number of carbonyl (C=O) groups is 4. The molecule has 0 spiro atoms. The zero-order valence-electron chi connectivity index (χ0n) is 31.7. The van der Waals surface area contributed by atoms with Gasteiger partial charge in [0.2, 0.25) is 11.8 Å². The highest BCUT2D eigenvalue weighted by atomic mass is 16.6. The minimum absolute atomic E-state index is 0.00527. The molecule has 3 rings (SSSR count). The number of esters is 1. The smallest absolute Gasteiger partial charge is 0.408 e. The van der Waals surface area contributed by atoms with Crippen LogP contribution >= 0.6 is 0 Å². The minimum atomic E-state index is -1.41. The maximum absolute atomic E-state index is 14.9. The predicted molar refractivity (Wildman–Crippen MR) is 200 cm³/mol. The van der Waals surface area contributed by atoms with Crippen molar-refractivity contribution in [1.29, 1.82) is 0 Å². The van der Waals surface area contributed by atoms with Crippen molar-refractivity contribution in [3.63, 3.8) is 0 Å². The summed E-state index contributed by atoms with van der Waals surface area (Å²) in [5, 5.41) is 26.9. The number of phenols is 2. The molecule has 0 bridgehead atoms. The molecule has 0 radical (unpaired) electrons. The van der Waals surface area contributed by atoms with E-state index < -0.39 is 53.2 Å². The number of unbranched alkanes of at least 4 members (excludes halogenated alkanes) is 2. The third-order valence-corrected chi connectivity index (χ3v) is 8.06. The second-order valence-electron chi connectivity index (χ2n) is 15.0. The summed E-state index contributed by atoms with van der Waals surface area (Å²) in [6.07, 6.45) is 1.35. The summed E-state index contributed by atoms with van der Waals surface area (Å²) in [6.45, 7) is 14.1. The molecule has 4 N–H and O–H groups in total. The number of nitrogens with one attached hydrogen (secondary N) is 2. The second kappa shape index (κ2) is 18.4. The van der Waals surface area contributed by atoms with Gasteiger partial charge in [-0.1, -0.05) is 80.4 Å². The molecule has 3 aromatic carbocycles. The lowest BCUT2D eigenvalue weighted by molar-refractivity contribution is -0.159. The van der Waals surface area contributed by atoms with E-state index in [4.69, 9.17) is 9.47 Å². The average Bonchev–Trinajstić information content (AvgIpc) is 3.05. The fourth-order valence-corrected chi connectivity index (χ4v) is 5.64. The van der Waals surface area contributed by atoms with Crippen LogP contribution in [0.3, 0.4) is 0 Å². The number of para-hydroxylation sites is 1. The molecular weight excluding hydrogens is 662 g/mol. The van der Waals surface area contributed by atoms with Gasteiger partial charge in [0.1, 0.15) is 40.8 Å². The van der Waals surface area contributed by atoms with Gasteiger partial charge >= 0.3 is 12.1 Å². The van der Waals surface area contributed by atoms with Crippen LogP contribution < -0.4 is 10.6 Å². The SMILES string of the molecule is CCCCCN(C(=O)C(Cc1ccc(O)cc1)NC(=O)OC(C)(C)C)C(C(=O)NC(Cc1ccccc1)C(=O)OC(C)(C)C)c1cccc(C)c1O. The first-order valence-electron chi connectivity index (χ1n) is 17.8. The Morgan fingerprint density at radius 1 is 0.731 bits per heavy atom. The van der Waals surface area contributed by atoms with E-state index in [1.165, 1.54) is 17.0 Å². The number of amides is 3. The zero-order valence-corrected chi connectivity index (χ0v) is 31.7. The third kappa shape index (κ3) is 12.9. The Morgan fingerprint density at radius 3 is 1.92 bits per heavy atom. The lowest BCUT2D eigenvalue weighted by Crippen LogP contribution is -2.55. The van der Waals surface area contributed by atoms with E-state index in [0.717, 1.165) is 18.4 Å². The molecule has 11 heteroatoms. The van der Waals surface area contributed by atoms with Gasteiger partial charge in [-0.05, 0) is 83.7 Å². The highest BCUT2D eigenvalue weighted by Crippen LogP contribution is 2.33. The molecule has 3 aromatic rings. The molecule has 0 saturated heterocycles. The van der Waals surface area contributed by atoms with Gasteiger partial charge in [0, 0.05) is 24.9 Å². The van der Waals surface area contributed by atoms with E-state index in [2.05, 4.69) is 10.6 Å². The summed E-state index contributed by atoms with van der Waals surface area (Å²) >= 11 is 0. The summed E-state index contributed by atoms with van der Waals surface area (Å²) in [6, 6.07) is 16.6.